The number of nitro groups is 1. The zero-order valence-electron chi connectivity index (χ0n) is 13.0. The van der Waals surface area contributed by atoms with Crippen molar-refractivity contribution in [1.29, 1.82) is 0 Å². The number of hydrogen-bond acceptors (Lipinski definition) is 5. The summed E-state index contributed by atoms with van der Waals surface area (Å²) in [5.41, 5.74) is 2.29. The lowest BCUT2D eigenvalue weighted by Gasteiger charge is -2.13. The van der Waals surface area contributed by atoms with Gasteiger partial charge in [-0.25, -0.2) is 5.43 Å². The van der Waals surface area contributed by atoms with Gasteiger partial charge in [-0.1, -0.05) is 23.7 Å². The number of hydrogen-bond donors (Lipinski definition) is 1. The van der Waals surface area contributed by atoms with Gasteiger partial charge < -0.3 is 4.74 Å². The van der Waals surface area contributed by atoms with Gasteiger partial charge in [0.15, 0.2) is 6.10 Å². The van der Waals surface area contributed by atoms with Crippen molar-refractivity contribution in [3.05, 3.63) is 67.6 Å². The summed E-state index contributed by atoms with van der Waals surface area (Å²) in [4.78, 5) is 22.4. The van der Waals surface area contributed by atoms with Crippen LogP contribution in [-0.4, -0.2) is 23.1 Å². The van der Waals surface area contributed by atoms with Crippen molar-refractivity contribution in [2.45, 2.75) is 13.0 Å². The number of amides is 1. The molecule has 0 aromatic heterocycles. The topological polar surface area (TPSA) is 93.8 Å². The Hall–Kier alpha value is -2.45. The first-order chi connectivity index (χ1) is 11.9. The van der Waals surface area contributed by atoms with E-state index in [1.54, 1.807) is 25.1 Å². The molecule has 25 heavy (non-hydrogen) atoms. The fourth-order valence-electron chi connectivity index (χ4n) is 1.84. The number of nitrogens with one attached hydrogen (secondary N) is 1. The number of nitro benzene ring substituents is 1. The van der Waals surface area contributed by atoms with Crippen molar-refractivity contribution in [3.63, 3.8) is 0 Å². The van der Waals surface area contributed by atoms with Crippen LogP contribution in [0.25, 0.3) is 0 Å². The maximum atomic E-state index is 12.0. The van der Waals surface area contributed by atoms with E-state index in [1.165, 1.54) is 18.2 Å². The van der Waals surface area contributed by atoms with Crippen LogP contribution in [0.15, 0.2) is 52.0 Å². The molecule has 0 bridgehead atoms. The summed E-state index contributed by atoms with van der Waals surface area (Å²) in [6, 6.07) is 11.2. The summed E-state index contributed by atoms with van der Waals surface area (Å²) < 4.78 is 6.24. The quantitative estimate of drug-likeness (QED) is 0.430. The SMILES string of the molecule is CC(Oc1ccccc1Br)C(=O)NN=Cc1cc(Cl)ccc1[N+](=O)[O-]. The van der Waals surface area contributed by atoms with E-state index in [1.807, 2.05) is 6.07 Å². The minimum Gasteiger partial charge on any atom is -0.480 e. The molecule has 2 aromatic carbocycles. The lowest BCUT2D eigenvalue weighted by atomic mass is 10.2. The number of carbonyl (C=O) groups is 1. The van der Waals surface area contributed by atoms with Crippen LogP contribution in [0, 0.1) is 10.1 Å². The minimum absolute atomic E-state index is 0.167. The van der Waals surface area contributed by atoms with E-state index in [4.69, 9.17) is 16.3 Å². The first kappa shape index (κ1) is 18.9. The molecule has 1 unspecified atom stereocenters. The average molecular weight is 427 g/mol. The first-order valence-corrected chi connectivity index (χ1v) is 8.23. The standard InChI is InChI=1S/C16H13BrClN3O4/c1-10(25-15-5-3-2-4-13(15)17)16(22)20-19-9-11-8-12(18)6-7-14(11)21(23)24/h2-10H,1H3,(H,20,22). The molecular weight excluding hydrogens is 414 g/mol. The van der Waals surface area contributed by atoms with Gasteiger partial charge in [-0.2, -0.15) is 5.10 Å². The van der Waals surface area contributed by atoms with Crippen molar-refractivity contribution >= 4 is 45.3 Å². The summed E-state index contributed by atoms with van der Waals surface area (Å²) in [5, 5.41) is 15.0. The van der Waals surface area contributed by atoms with Gasteiger partial charge in [0.1, 0.15) is 5.75 Å². The third-order valence-electron chi connectivity index (χ3n) is 3.07. The number of nitrogens with zero attached hydrogens (tertiary/aromatic N) is 2. The Labute approximate surface area is 156 Å². The summed E-state index contributed by atoms with van der Waals surface area (Å²) in [6.45, 7) is 1.56. The highest BCUT2D eigenvalue weighted by atomic mass is 79.9. The highest BCUT2D eigenvalue weighted by molar-refractivity contribution is 9.10. The Kier molecular flexibility index (Phi) is 6.49. The Balaban J connectivity index is 2.02. The lowest BCUT2D eigenvalue weighted by molar-refractivity contribution is -0.385. The van der Waals surface area contributed by atoms with E-state index in [2.05, 4.69) is 26.5 Å². The molecule has 7 nitrogen and oxygen atoms in total. The fourth-order valence-corrected chi connectivity index (χ4v) is 2.39. The molecular formula is C16H13BrClN3O4. The van der Waals surface area contributed by atoms with Gasteiger partial charge in [0.2, 0.25) is 0 Å². The average Bonchev–Trinajstić information content (AvgIpc) is 2.56. The van der Waals surface area contributed by atoms with Gasteiger partial charge in [0.05, 0.1) is 21.2 Å². The van der Waals surface area contributed by atoms with Crippen LogP contribution in [0.2, 0.25) is 5.02 Å². The van der Waals surface area contributed by atoms with Crippen LogP contribution in [0.5, 0.6) is 5.75 Å². The Morgan fingerprint density at radius 2 is 2.12 bits per heavy atom. The highest BCUT2D eigenvalue weighted by Crippen LogP contribution is 2.25. The molecule has 0 fully saturated rings. The van der Waals surface area contributed by atoms with Crippen LogP contribution >= 0.6 is 27.5 Å². The molecule has 1 N–H and O–H groups in total. The normalized spacial score (nSPS) is 12.0. The molecule has 0 radical (unpaired) electrons. The molecule has 2 rings (SSSR count). The first-order valence-electron chi connectivity index (χ1n) is 7.06. The molecule has 0 aliphatic heterocycles. The molecule has 1 amide bonds. The molecule has 0 heterocycles. The zero-order chi connectivity index (χ0) is 18.4. The number of ether oxygens (including phenoxy) is 1. The number of halogens is 2. The van der Waals surface area contributed by atoms with Crippen LogP contribution in [-0.2, 0) is 4.79 Å². The molecule has 0 aliphatic carbocycles. The smallest absolute Gasteiger partial charge is 0.280 e. The number of para-hydroxylation sites is 1. The molecule has 9 heteroatoms. The third kappa shape index (κ3) is 5.27. The number of benzene rings is 2. The number of hydrazone groups is 1. The molecule has 0 saturated carbocycles. The van der Waals surface area contributed by atoms with Crippen molar-refractivity contribution in [2.75, 3.05) is 0 Å². The van der Waals surface area contributed by atoms with E-state index in [9.17, 15) is 14.9 Å². The summed E-state index contributed by atoms with van der Waals surface area (Å²) in [6.07, 6.45) is 0.345. The number of rotatable bonds is 6. The van der Waals surface area contributed by atoms with Gasteiger partial charge in [-0.15, -0.1) is 0 Å². The van der Waals surface area contributed by atoms with Gasteiger partial charge in [0.25, 0.3) is 11.6 Å². The van der Waals surface area contributed by atoms with Gasteiger partial charge in [-0.3, -0.25) is 14.9 Å². The molecule has 130 valence electrons. The predicted molar refractivity (Wildman–Crippen MR) is 98.1 cm³/mol. The predicted octanol–water partition coefficient (Wildman–Crippen LogP) is 3.93. The van der Waals surface area contributed by atoms with Crippen molar-refractivity contribution < 1.29 is 14.5 Å². The summed E-state index contributed by atoms with van der Waals surface area (Å²) in [7, 11) is 0. The lowest BCUT2D eigenvalue weighted by Crippen LogP contribution is -2.33. The van der Waals surface area contributed by atoms with Crippen LogP contribution in [0.4, 0.5) is 5.69 Å². The Morgan fingerprint density at radius 3 is 2.80 bits per heavy atom. The molecule has 0 saturated heterocycles. The van der Waals surface area contributed by atoms with Gasteiger partial charge in [-0.05, 0) is 47.1 Å². The second kappa shape index (κ2) is 8.59. The number of carbonyl (C=O) groups excluding carboxylic acids is 1. The van der Waals surface area contributed by atoms with Crippen LogP contribution < -0.4 is 10.2 Å². The third-order valence-corrected chi connectivity index (χ3v) is 3.96. The highest BCUT2D eigenvalue weighted by Gasteiger charge is 2.16. The second-order valence-corrected chi connectivity index (χ2v) is 6.18. The Morgan fingerprint density at radius 1 is 1.40 bits per heavy atom. The molecule has 1 atom stereocenters. The zero-order valence-corrected chi connectivity index (χ0v) is 15.3. The molecule has 0 aliphatic rings. The molecule has 2 aromatic rings. The van der Waals surface area contributed by atoms with E-state index < -0.39 is 16.9 Å². The van der Waals surface area contributed by atoms with E-state index in [0.717, 1.165) is 6.21 Å². The van der Waals surface area contributed by atoms with Crippen molar-refractivity contribution in [2.24, 2.45) is 5.10 Å². The van der Waals surface area contributed by atoms with Gasteiger partial charge in [0, 0.05) is 11.1 Å². The van der Waals surface area contributed by atoms with Crippen molar-refractivity contribution in [1.82, 2.24) is 5.43 Å². The summed E-state index contributed by atoms with van der Waals surface area (Å²) in [5.74, 6) is 0.0105. The van der Waals surface area contributed by atoms with E-state index >= 15 is 0 Å². The van der Waals surface area contributed by atoms with E-state index in [-0.39, 0.29) is 11.3 Å². The van der Waals surface area contributed by atoms with Crippen LogP contribution in [0.1, 0.15) is 12.5 Å². The molecule has 0 spiro atoms. The van der Waals surface area contributed by atoms with Crippen LogP contribution in [0.3, 0.4) is 0 Å². The minimum atomic E-state index is -0.815. The van der Waals surface area contributed by atoms with E-state index in [0.29, 0.717) is 15.2 Å². The second-order valence-electron chi connectivity index (χ2n) is 4.89. The monoisotopic (exact) mass is 425 g/mol. The maximum absolute atomic E-state index is 12.0. The summed E-state index contributed by atoms with van der Waals surface area (Å²) >= 11 is 9.15. The largest absolute Gasteiger partial charge is 0.480 e. The fraction of sp³-hybridized carbons (Fsp3) is 0.125. The van der Waals surface area contributed by atoms with Gasteiger partial charge >= 0.3 is 0 Å². The Bertz CT molecular complexity index is 829. The van der Waals surface area contributed by atoms with Crippen molar-refractivity contribution in [3.8, 4) is 5.75 Å². The maximum Gasteiger partial charge on any atom is 0.280 e.